The molecule has 0 amide bonds. The van der Waals surface area contributed by atoms with Gasteiger partial charge in [-0.1, -0.05) is 0 Å². The summed E-state index contributed by atoms with van der Waals surface area (Å²) in [4.78, 5) is 10.6. The molecule has 1 aromatic carbocycles. The highest BCUT2D eigenvalue weighted by molar-refractivity contribution is 5.88. The van der Waals surface area contributed by atoms with Gasteiger partial charge >= 0.3 is 0 Å². The molecule has 1 aliphatic carbocycles. The Hall–Kier alpha value is -1.84. The fourth-order valence-corrected chi connectivity index (χ4v) is 3.27. The van der Waals surface area contributed by atoms with E-state index in [-0.39, 0.29) is 10.6 Å². The summed E-state index contributed by atoms with van der Waals surface area (Å²) in [5.41, 5.74) is 4.06. The smallest absolute Gasteiger partial charge is 0.270 e. The van der Waals surface area contributed by atoms with Crippen LogP contribution >= 0.6 is 0 Å². The minimum atomic E-state index is -0.304. The predicted molar refractivity (Wildman–Crippen MR) is 75.6 cm³/mol. The summed E-state index contributed by atoms with van der Waals surface area (Å²) in [5, 5.41) is 12.0. The van der Waals surface area contributed by atoms with Crippen LogP contribution in [-0.2, 0) is 12.8 Å². The summed E-state index contributed by atoms with van der Waals surface area (Å²) in [5.74, 6) is 0. The van der Waals surface area contributed by atoms with Crippen molar-refractivity contribution in [2.75, 3.05) is 0 Å². The van der Waals surface area contributed by atoms with Crippen LogP contribution in [-0.4, -0.2) is 9.49 Å². The first-order valence-corrected chi connectivity index (χ1v) is 6.89. The molecule has 0 N–H and O–H groups in total. The topological polar surface area (TPSA) is 48.1 Å². The van der Waals surface area contributed by atoms with Gasteiger partial charge in [0.25, 0.3) is 5.69 Å². The van der Waals surface area contributed by atoms with Gasteiger partial charge in [0.05, 0.1) is 4.92 Å². The lowest BCUT2D eigenvalue weighted by molar-refractivity contribution is -0.384. The summed E-state index contributed by atoms with van der Waals surface area (Å²) in [6, 6.07) is 5.67. The van der Waals surface area contributed by atoms with Gasteiger partial charge in [0.2, 0.25) is 0 Å². The van der Waals surface area contributed by atoms with Crippen molar-refractivity contribution in [2.45, 2.75) is 45.6 Å². The molecule has 0 saturated carbocycles. The van der Waals surface area contributed by atoms with Gasteiger partial charge in [0, 0.05) is 34.8 Å². The maximum absolute atomic E-state index is 11.0. The van der Waals surface area contributed by atoms with Gasteiger partial charge in [0.15, 0.2) is 0 Å². The number of aryl methyl sites for hydroxylation is 1. The number of aromatic nitrogens is 1. The molecule has 0 saturated heterocycles. The molecule has 2 aromatic rings. The third-order valence-electron chi connectivity index (χ3n) is 4.02. The molecule has 19 heavy (non-hydrogen) atoms. The van der Waals surface area contributed by atoms with Crippen LogP contribution in [0.2, 0.25) is 0 Å². The van der Waals surface area contributed by atoms with E-state index in [0.717, 1.165) is 23.7 Å². The minimum Gasteiger partial charge on any atom is -0.342 e. The second-order valence-electron chi connectivity index (χ2n) is 5.55. The molecule has 0 unspecified atom stereocenters. The maximum Gasteiger partial charge on any atom is 0.270 e. The quantitative estimate of drug-likeness (QED) is 0.603. The standard InChI is InChI=1S/C15H18N2O2/c1-10(2)16-14-6-4-3-5-12(14)13-9-11(17(18)19)7-8-15(13)16/h7-10H,3-6H2,1-2H3. The van der Waals surface area contributed by atoms with Crippen molar-refractivity contribution in [1.82, 2.24) is 4.57 Å². The molecule has 4 nitrogen and oxygen atoms in total. The summed E-state index contributed by atoms with van der Waals surface area (Å²) in [6.45, 7) is 4.35. The van der Waals surface area contributed by atoms with Crippen LogP contribution < -0.4 is 0 Å². The number of nitro groups is 1. The lowest BCUT2D eigenvalue weighted by Crippen LogP contribution is -2.09. The van der Waals surface area contributed by atoms with Crippen LogP contribution in [0, 0.1) is 10.1 Å². The van der Waals surface area contributed by atoms with E-state index >= 15 is 0 Å². The number of nitro benzene ring substituents is 1. The summed E-state index contributed by atoms with van der Waals surface area (Å²) in [7, 11) is 0. The summed E-state index contributed by atoms with van der Waals surface area (Å²) in [6.07, 6.45) is 4.55. The van der Waals surface area contributed by atoms with Gasteiger partial charge in [-0.3, -0.25) is 10.1 Å². The molecular weight excluding hydrogens is 240 g/mol. The van der Waals surface area contributed by atoms with Crippen molar-refractivity contribution in [1.29, 1.82) is 0 Å². The molecular formula is C15H18N2O2. The monoisotopic (exact) mass is 258 g/mol. The van der Waals surface area contributed by atoms with E-state index in [1.165, 1.54) is 24.1 Å². The van der Waals surface area contributed by atoms with E-state index in [2.05, 4.69) is 18.4 Å². The number of hydrogen-bond donors (Lipinski definition) is 0. The largest absolute Gasteiger partial charge is 0.342 e. The lowest BCUT2D eigenvalue weighted by atomic mass is 9.95. The van der Waals surface area contributed by atoms with Crippen LogP contribution in [0.1, 0.15) is 44.0 Å². The minimum absolute atomic E-state index is 0.196. The zero-order chi connectivity index (χ0) is 13.6. The number of hydrogen-bond acceptors (Lipinski definition) is 2. The van der Waals surface area contributed by atoms with Crippen molar-refractivity contribution in [3.8, 4) is 0 Å². The normalized spacial score (nSPS) is 14.9. The molecule has 1 aromatic heterocycles. The average Bonchev–Trinajstić information content (AvgIpc) is 2.72. The molecule has 1 aliphatic rings. The molecule has 0 aliphatic heterocycles. The Bertz CT molecular complexity index is 656. The third-order valence-corrected chi connectivity index (χ3v) is 4.02. The number of benzene rings is 1. The van der Waals surface area contributed by atoms with Gasteiger partial charge in [-0.2, -0.15) is 0 Å². The van der Waals surface area contributed by atoms with E-state index in [0.29, 0.717) is 6.04 Å². The number of nitrogens with zero attached hydrogens (tertiary/aromatic N) is 2. The van der Waals surface area contributed by atoms with Crippen molar-refractivity contribution in [3.63, 3.8) is 0 Å². The predicted octanol–water partition coefficient (Wildman–Crippen LogP) is 4.01. The van der Waals surface area contributed by atoms with Gasteiger partial charge < -0.3 is 4.57 Å². The Labute approximate surface area is 112 Å². The van der Waals surface area contributed by atoms with E-state index in [1.54, 1.807) is 12.1 Å². The fraction of sp³-hybridized carbons (Fsp3) is 0.467. The maximum atomic E-state index is 11.0. The van der Waals surface area contributed by atoms with Crippen LogP contribution in [0.25, 0.3) is 10.9 Å². The zero-order valence-corrected chi connectivity index (χ0v) is 11.3. The van der Waals surface area contributed by atoms with E-state index in [4.69, 9.17) is 0 Å². The van der Waals surface area contributed by atoms with Crippen molar-refractivity contribution in [3.05, 3.63) is 39.6 Å². The molecule has 3 rings (SSSR count). The second kappa shape index (κ2) is 4.37. The average molecular weight is 258 g/mol. The van der Waals surface area contributed by atoms with Gasteiger partial charge in [-0.05, 0) is 51.2 Å². The van der Waals surface area contributed by atoms with Crippen LogP contribution in [0.4, 0.5) is 5.69 Å². The van der Waals surface area contributed by atoms with E-state index in [1.807, 2.05) is 6.07 Å². The third kappa shape index (κ3) is 1.82. The van der Waals surface area contributed by atoms with Crippen LogP contribution in [0.15, 0.2) is 18.2 Å². The van der Waals surface area contributed by atoms with E-state index < -0.39 is 0 Å². The first-order chi connectivity index (χ1) is 9.09. The molecule has 1 heterocycles. The highest BCUT2D eigenvalue weighted by atomic mass is 16.6. The van der Waals surface area contributed by atoms with Crippen LogP contribution in [0.5, 0.6) is 0 Å². The Kier molecular flexibility index (Phi) is 2.81. The summed E-state index contributed by atoms with van der Waals surface area (Å²) < 4.78 is 2.35. The number of rotatable bonds is 2. The summed E-state index contributed by atoms with van der Waals surface area (Å²) >= 11 is 0. The van der Waals surface area contributed by atoms with Crippen molar-refractivity contribution >= 4 is 16.6 Å². The highest BCUT2D eigenvalue weighted by Crippen LogP contribution is 2.36. The SMILES string of the molecule is CC(C)n1c2c(c3cc([N+](=O)[O-])ccc31)CCCC2. The zero-order valence-electron chi connectivity index (χ0n) is 11.3. The first kappa shape index (κ1) is 12.2. The van der Waals surface area contributed by atoms with Crippen molar-refractivity contribution in [2.24, 2.45) is 0 Å². The molecule has 100 valence electrons. The number of non-ortho nitro benzene ring substituents is 1. The molecule has 0 atom stereocenters. The molecule has 0 radical (unpaired) electrons. The molecule has 0 spiro atoms. The Balaban J connectivity index is 2.33. The Morgan fingerprint density at radius 3 is 2.68 bits per heavy atom. The van der Waals surface area contributed by atoms with Gasteiger partial charge in [0.1, 0.15) is 0 Å². The fourth-order valence-electron chi connectivity index (χ4n) is 3.27. The van der Waals surface area contributed by atoms with Gasteiger partial charge in [-0.15, -0.1) is 0 Å². The Morgan fingerprint density at radius 1 is 1.26 bits per heavy atom. The Morgan fingerprint density at radius 2 is 2.00 bits per heavy atom. The van der Waals surface area contributed by atoms with Crippen molar-refractivity contribution < 1.29 is 4.92 Å². The van der Waals surface area contributed by atoms with E-state index in [9.17, 15) is 10.1 Å². The molecule has 0 bridgehead atoms. The molecule has 4 heteroatoms. The number of fused-ring (bicyclic) bond motifs is 3. The highest BCUT2D eigenvalue weighted by Gasteiger charge is 2.22. The molecule has 0 fully saturated rings. The van der Waals surface area contributed by atoms with Crippen LogP contribution in [0.3, 0.4) is 0 Å². The second-order valence-corrected chi connectivity index (χ2v) is 5.55. The first-order valence-electron chi connectivity index (χ1n) is 6.89. The van der Waals surface area contributed by atoms with Gasteiger partial charge in [-0.25, -0.2) is 0 Å². The lowest BCUT2D eigenvalue weighted by Gasteiger charge is -2.18.